The van der Waals surface area contributed by atoms with E-state index in [9.17, 15) is 0 Å². The lowest BCUT2D eigenvalue weighted by Crippen LogP contribution is -2.27. The van der Waals surface area contributed by atoms with Gasteiger partial charge in [-0.1, -0.05) is 26.8 Å². The van der Waals surface area contributed by atoms with E-state index in [2.05, 4.69) is 55.9 Å². The number of thiophene rings is 1. The maximum Gasteiger partial charge on any atom is 0.0982 e. The minimum Gasteiger partial charge on any atom is -0.308 e. The van der Waals surface area contributed by atoms with Crippen molar-refractivity contribution in [2.24, 2.45) is 0 Å². The molecule has 19 heavy (non-hydrogen) atoms. The summed E-state index contributed by atoms with van der Waals surface area (Å²) in [6.45, 7) is 9.73. The van der Waals surface area contributed by atoms with Crippen LogP contribution in [0.1, 0.15) is 43.3 Å². The van der Waals surface area contributed by atoms with Crippen molar-refractivity contribution in [2.45, 2.75) is 52.1 Å². The van der Waals surface area contributed by atoms with E-state index in [4.69, 9.17) is 4.98 Å². The van der Waals surface area contributed by atoms with Gasteiger partial charge in [0.15, 0.2) is 0 Å². The first kappa shape index (κ1) is 14.7. The van der Waals surface area contributed by atoms with Crippen molar-refractivity contribution in [3.8, 4) is 0 Å². The minimum absolute atomic E-state index is 0.158. The molecule has 0 radical (unpaired) electrons. The zero-order valence-corrected chi connectivity index (χ0v) is 13.7. The summed E-state index contributed by atoms with van der Waals surface area (Å²) < 4.78 is 0. The van der Waals surface area contributed by atoms with Crippen LogP contribution in [-0.2, 0) is 18.4 Å². The van der Waals surface area contributed by atoms with E-state index in [1.807, 2.05) is 11.3 Å². The van der Waals surface area contributed by atoms with Gasteiger partial charge >= 0.3 is 0 Å². The third-order valence-corrected chi connectivity index (χ3v) is 5.13. The zero-order valence-electron chi connectivity index (χ0n) is 12.1. The molecule has 0 spiro atoms. The van der Waals surface area contributed by atoms with Gasteiger partial charge in [-0.15, -0.1) is 22.7 Å². The summed E-state index contributed by atoms with van der Waals surface area (Å²) in [5.74, 6) is 0. The van der Waals surface area contributed by atoms with Crippen LogP contribution < -0.4 is 5.32 Å². The Bertz CT molecular complexity index is 494. The smallest absolute Gasteiger partial charge is 0.0982 e. The maximum atomic E-state index is 4.71. The van der Waals surface area contributed by atoms with Gasteiger partial charge in [0.2, 0.25) is 0 Å². The zero-order chi connectivity index (χ0) is 13.9. The fourth-order valence-corrected chi connectivity index (χ4v) is 3.56. The standard InChI is InChI=1S/C15H22N2S2/c1-11(8-13-6-5-7-18-13)16-9-12-10-19-14(17-12)15(2,3)4/h5-7,10-11,16H,8-9H2,1-4H3. The highest BCUT2D eigenvalue weighted by molar-refractivity contribution is 7.10. The van der Waals surface area contributed by atoms with Crippen LogP contribution in [0.2, 0.25) is 0 Å². The van der Waals surface area contributed by atoms with Crippen LogP contribution in [0.3, 0.4) is 0 Å². The van der Waals surface area contributed by atoms with Gasteiger partial charge in [0, 0.05) is 28.3 Å². The van der Waals surface area contributed by atoms with Gasteiger partial charge < -0.3 is 5.32 Å². The first-order chi connectivity index (χ1) is 8.95. The van der Waals surface area contributed by atoms with Crippen molar-refractivity contribution < 1.29 is 0 Å². The number of nitrogens with one attached hydrogen (secondary N) is 1. The van der Waals surface area contributed by atoms with Gasteiger partial charge in [-0.2, -0.15) is 0 Å². The third-order valence-electron chi connectivity index (χ3n) is 2.91. The molecule has 1 unspecified atom stereocenters. The van der Waals surface area contributed by atoms with Crippen LogP contribution in [0.4, 0.5) is 0 Å². The SMILES string of the molecule is CC(Cc1cccs1)NCc1csc(C(C)(C)C)n1. The van der Waals surface area contributed by atoms with Gasteiger partial charge in [-0.3, -0.25) is 0 Å². The summed E-state index contributed by atoms with van der Waals surface area (Å²) in [7, 11) is 0. The summed E-state index contributed by atoms with van der Waals surface area (Å²) in [4.78, 5) is 6.15. The molecule has 0 saturated carbocycles. The molecule has 0 saturated heterocycles. The molecule has 0 fully saturated rings. The third kappa shape index (κ3) is 4.41. The molecule has 0 aliphatic carbocycles. The number of aromatic nitrogens is 1. The van der Waals surface area contributed by atoms with Crippen molar-refractivity contribution in [2.75, 3.05) is 0 Å². The van der Waals surface area contributed by atoms with Gasteiger partial charge in [0.25, 0.3) is 0 Å². The topological polar surface area (TPSA) is 24.9 Å². The lowest BCUT2D eigenvalue weighted by Gasteiger charge is -2.14. The van der Waals surface area contributed by atoms with E-state index in [1.54, 1.807) is 11.3 Å². The molecule has 4 heteroatoms. The number of nitrogens with zero attached hydrogens (tertiary/aromatic N) is 1. The van der Waals surface area contributed by atoms with E-state index in [-0.39, 0.29) is 5.41 Å². The molecule has 0 bridgehead atoms. The van der Waals surface area contributed by atoms with E-state index >= 15 is 0 Å². The fraction of sp³-hybridized carbons (Fsp3) is 0.533. The van der Waals surface area contributed by atoms with Crippen LogP contribution in [-0.4, -0.2) is 11.0 Å². The maximum absolute atomic E-state index is 4.71. The molecule has 0 aromatic carbocycles. The van der Waals surface area contributed by atoms with E-state index in [0.29, 0.717) is 6.04 Å². The molecule has 104 valence electrons. The summed E-state index contributed by atoms with van der Waals surface area (Å²) in [5.41, 5.74) is 1.32. The van der Waals surface area contributed by atoms with Crippen molar-refractivity contribution in [3.63, 3.8) is 0 Å². The summed E-state index contributed by atoms with van der Waals surface area (Å²) in [6, 6.07) is 4.80. The highest BCUT2D eigenvalue weighted by Gasteiger charge is 2.17. The Morgan fingerprint density at radius 3 is 2.68 bits per heavy atom. The normalized spacial score (nSPS) is 13.7. The lowest BCUT2D eigenvalue weighted by atomic mass is 9.98. The van der Waals surface area contributed by atoms with Crippen LogP contribution in [0.15, 0.2) is 22.9 Å². The average Bonchev–Trinajstić information content (AvgIpc) is 2.95. The van der Waals surface area contributed by atoms with Crippen molar-refractivity contribution in [1.82, 2.24) is 10.3 Å². The monoisotopic (exact) mass is 294 g/mol. The van der Waals surface area contributed by atoms with E-state index in [0.717, 1.165) is 18.7 Å². The Balaban J connectivity index is 1.83. The average molecular weight is 294 g/mol. The molecule has 2 aromatic rings. The van der Waals surface area contributed by atoms with Gasteiger partial charge in [0.05, 0.1) is 10.7 Å². The molecular formula is C15H22N2S2. The van der Waals surface area contributed by atoms with E-state index < -0.39 is 0 Å². The first-order valence-electron chi connectivity index (χ1n) is 6.66. The van der Waals surface area contributed by atoms with Gasteiger partial charge in [-0.05, 0) is 24.8 Å². The Morgan fingerprint density at radius 2 is 2.11 bits per heavy atom. The predicted octanol–water partition coefficient (Wildman–Crippen LogP) is 4.22. The Morgan fingerprint density at radius 1 is 1.32 bits per heavy atom. The Hall–Kier alpha value is -0.710. The minimum atomic E-state index is 0.158. The van der Waals surface area contributed by atoms with Crippen LogP contribution >= 0.6 is 22.7 Å². The molecule has 0 aliphatic heterocycles. The molecule has 2 rings (SSSR count). The fourth-order valence-electron chi connectivity index (χ4n) is 1.81. The quantitative estimate of drug-likeness (QED) is 0.893. The lowest BCUT2D eigenvalue weighted by molar-refractivity contribution is 0.538. The summed E-state index contributed by atoms with van der Waals surface area (Å²) >= 11 is 3.59. The highest BCUT2D eigenvalue weighted by atomic mass is 32.1. The van der Waals surface area contributed by atoms with Crippen molar-refractivity contribution >= 4 is 22.7 Å². The van der Waals surface area contributed by atoms with Crippen LogP contribution in [0.25, 0.3) is 0 Å². The molecule has 0 amide bonds. The van der Waals surface area contributed by atoms with Crippen LogP contribution in [0, 0.1) is 0 Å². The van der Waals surface area contributed by atoms with Gasteiger partial charge in [-0.25, -0.2) is 4.98 Å². The number of thiazole rings is 1. The number of rotatable bonds is 5. The largest absolute Gasteiger partial charge is 0.308 e. The molecule has 2 heterocycles. The molecular weight excluding hydrogens is 272 g/mol. The second-order valence-electron chi connectivity index (χ2n) is 5.96. The predicted molar refractivity (Wildman–Crippen MR) is 85.1 cm³/mol. The van der Waals surface area contributed by atoms with Crippen molar-refractivity contribution in [3.05, 3.63) is 38.5 Å². The molecule has 1 atom stereocenters. The summed E-state index contributed by atoms with van der Waals surface area (Å²) in [5, 5.41) is 9.08. The Kier molecular flexibility index (Phi) is 4.76. The second-order valence-corrected chi connectivity index (χ2v) is 7.85. The van der Waals surface area contributed by atoms with Gasteiger partial charge in [0.1, 0.15) is 0 Å². The highest BCUT2D eigenvalue weighted by Crippen LogP contribution is 2.25. The number of hydrogen-bond acceptors (Lipinski definition) is 4. The molecule has 2 nitrogen and oxygen atoms in total. The van der Waals surface area contributed by atoms with Crippen LogP contribution in [0.5, 0.6) is 0 Å². The molecule has 2 aromatic heterocycles. The molecule has 0 aliphatic rings. The number of hydrogen-bond donors (Lipinski definition) is 1. The first-order valence-corrected chi connectivity index (χ1v) is 8.42. The Labute approximate surface area is 123 Å². The second kappa shape index (κ2) is 6.16. The molecule has 1 N–H and O–H groups in total. The summed E-state index contributed by atoms with van der Waals surface area (Å²) in [6.07, 6.45) is 1.09. The van der Waals surface area contributed by atoms with E-state index in [1.165, 1.54) is 9.88 Å². The van der Waals surface area contributed by atoms with Crippen molar-refractivity contribution in [1.29, 1.82) is 0 Å².